The molecule has 2 fully saturated rings. The lowest BCUT2D eigenvalue weighted by Gasteiger charge is -2.37. The van der Waals surface area contributed by atoms with Crippen molar-refractivity contribution in [2.24, 2.45) is 5.41 Å². The van der Waals surface area contributed by atoms with Crippen molar-refractivity contribution in [2.75, 3.05) is 37.6 Å². The quantitative estimate of drug-likeness (QED) is 0.845. The van der Waals surface area contributed by atoms with E-state index in [0.29, 0.717) is 11.8 Å². The van der Waals surface area contributed by atoms with E-state index >= 15 is 0 Å². The zero-order valence-electron chi connectivity index (χ0n) is 11.7. The molecule has 1 saturated heterocycles. The van der Waals surface area contributed by atoms with Crippen molar-refractivity contribution < 1.29 is 4.39 Å². The van der Waals surface area contributed by atoms with Crippen LogP contribution >= 0.6 is 0 Å². The van der Waals surface area contributed by atoms with Gasteiger partial charge < -0.3 is 4.90 Å². The molecule has 4 heteroatoms. The van der Waals surface area contributed by atoms with Gasteiger partial charge in [-0.15, -0.1) is 0 Å². The van der Waals surface area contributed by atoms with Crippen LogP contribution < -0.4 is 4.90 Å². The summed E-state index contributed by atoms with van der Waals surface area (Å²) in [6.07, 6.45) is 3.11. The van der Waals surface area contributed by atoms with Gasteiger partial charge in [-0.05, 0) is 42.5 Å². The second kappa shape index (κ2) is 5.41. The highest BCUT2D eigenvalue weighted by atomic mass is 19.1. The number of piperazine rings is 1. The maximum absolute atomic E-state index is 12.9. The van der Waals surface area contributed by atoms with Gasteiger partial charge in [0.2, 0.25) is 0 Å². The SMILES string of the molecule is N#CCC1(CN2CCN(c3ccc(F)cc3)CC2)CC1. The summed E-state index contributed by atoms with van der Waals surface area (Å²) >= 11 is 0. The van der Waals surface area contributed by atoms with Crippen LogP contribution in [-0.4, -0.2) is 37.6 Å². The first-order valence-corrected chi connectivity index (χ1v) is 7.31. The highest BCUT2D eigenvalue weighted by Crippen LogP contribution is 2.49. The Hall–Kier alpha value is -1.60. The predicted octanol–water partition coefficient (Wildman–Crippen LogP) is 2.64. The van der Waals surface area contributed by atoms with Crippen molar-refractivity contribution in [2.45, 2.75) is 19.3 Å². The molecule has 1 aromatic carbocycles. The first-order chi connectivity index (χ1) is 9.71. The van der Waals surface area contributed by atoms with Crippen molar-refractivity contribution in [1.82, 2.24) is 4.90 Å². The van der Waals surface area contributed by atoms with Crippen LogP contribution in [0.25, 0.3) is 0 Å². The van der Waals surface area contributed by atoms with Crippen LogP contribution in [0.2, 0.25) is 0 Å². The summed E-state index contributed by atoms with van der Waals surface area (Å²) in [5, 5.41) is 8.88. The number of anilines is 1. The lowest BCUT2D eigenvalue weighted by atomic mass is 10.0. The van der Waals surface area contributed by atoms with Gasteiger partial charge in [-0.2, -0.15) is 5.26 Å². The molecular weight excluding hydrogens is 253 g/mol. The van der Waals surface area contributed by atoms with E-state index in [-0.39, 0.29) is 5.82 Å². The minimum absolute atomic E-state index is 0.181. The van der Waals surface area contributed by atoms with E-state index in [1.165, 1.54) is 25.0 Å². The average molecular weight is 273 g/mol. The second-order valence-electron chi connectivity index (χ2n) is 6.07. The van der Waals surface area contributed by atoms with Gasteiger partial charge >= 0.3 is 0 Å². The molecule has 0 amide bonds. The van der Waals surface area contributed by atoms with E-state index in [4.69, 9.17) is 5.26 Å². The van der Waals surface area contributed by atoms with E-state index in [1.807, 2.05) is 12.1 Å². The smallest absolute Gasteiger partial charge is 0.123 e. The summed E-state index contributed by atoms with van der Waals surface area (Å²) in [5.41, 5.74) is 1.40. The number of halogens is 1. The molecule has 20 heavy (non-hydrogen) atoms. The third-order valence-corrected chi connectivity index (χ3v) is 4.53. The number of rotatable bonds is 4. The largest absolute Gasteiger partial charge is 0.369 e. The normalized spacial score (nSPS) is 21.5. The molecule has 1 heterocycles. The van der Waals surface area contributed by atoms with E-state index in [1.54, 1.807) is 0 Å². The van der Waals surface area contributed by atoms with Crippen molar-refractivity contribution in [1.29, 1.82) is 5.26 Å². The van der Waals surface area contributed by atoms with Crippen LogP contribution in [0.15, 0.2) is 24.3 Å². The van der Waals surface area contributed by atoms with Gasteiger partial charge in [-0.3, -0.25) is 4.90 Å². The molecule has 0 aromatic heterocycles. The maximum Gasteiger partial charge on any atom is 0.123 e. The molecule has 0 radical (unpaired) electrons. The fourth-order valence-electron chi connectivity index (χ4n) is 3.03. The zero-order valence-corrected chi connectivity index (χ0v) is 11.7. The number of hydrogen-bond acceptors (Lipinski definition) is 3. The van der Waals surface area contributed by atoms with Gasteiger partial charge in [0.15, 0.2) is 0 Å². The molecule has 106 valence electrons. The Kier molecular flexibility index (Phi) is 3.62. The maximum atomic E-state index is 12.9. The van der Waals surface area contributed by atoms with Crippen molar-refractivity contribution in [3.8, 4) is 6.07 Å². The fraction of sp³-hybridized carbons (Fsp3) is 0.562. The van der Waals surface area contributed by atoms with Gasteiger partial charge in [0, 0.05) is 44.8 Å². The Morgan fingerprint density at radius 1 is 1.10 bits per heavy atom. The molecule has 0 spiro atoms. The van der Waals surface area contributed by atoms with Crippen molar-refractivity contribution in [3.05, 3.63) is 30.1 Å². The number of nitriles is 1. The van der Waals surface area contributed by atoms with Gasteiger partial charge in [-0.1, -0.05) is 0 Å². The summed E-state index contributed by atoms with van der Waals surface area (Å²) in [5.74, 6) is -0.181. The Labute approximate surface area is 119 Å². The minimum atomic E-state index is -0.181. The fourth-order valence-corrected chi connectivity index (χ4v) is 3.03. The molecule has 1 saturated carbocycles. The third kappa shape index (κ3) is 2.94. The Bertz CT molecular complexity index is 493. The molecule has 0 bridgehead atoms. The summed E-state index contributed by atoms with van der Waals surface area (Å²) in [4.78, 5) is 4.78. The van der Waals surface area contributed by atoms with Crippen LogP contribution in [0, 0.1) is 22.6 Å². The van der Waals surface area contributed by atoms with Crippen LogP contribution in [0.4, 0.5) is 10.1 Å². The Morgan fingerprint density at radius 2 is 1.75 bits per heavy atom. The molecule has 1 aromatic rings. The van der Waals surface area contributed by atoms with Gasteiger partial charge in [0.05, 0.1) is 6.07 Å². The van der Waals surface area contributed by atoms with Gasteiger partial charge in [0.1, 0.15) is 5.82 Å². The third-order valence-electron chi connectivity index (χ3n) is 4.53. The first kappa shape index (κ1) is 13.4. The van der Waals surface area contributed by atoms with Crippen LogP contribution in [-0.2, 0) is 0 Å². The predicted molar refractivity (Wildman–Crippen MR) is 77.0 cm³/mol. The summed E-state index contributed by atoms with van der Waals surface area (Å²) in [6, 6.07) is 9.07. The Balaban J connectivity index is 1.52. The molecule has 0 unspecified atom stereocenters. The number of benzene rings is 1. The molecule has 1 aliphatic heterocycles. The van der Waals surface area contributed by atoms with E-state index < -0.39 is 0 Å². The Morgan fingerprint density at radius 3 is 2.30 bits per heavy atom. The summed E-state index contributed by atoms with van der Waals surface area (Å²) in [7, 11) is 0. The second-order valence-corrected chi connectivity index (χ2v) is 6.07. The first-order valence-electron chi connectivity index (χ1n) is 7.31. The van der Waals surface area contributed by atoms with Crippen LogP contribution in [0.1, 0.15) is 19.3 Å². The topological polar surface area (TPSA) is 30.3 Å². The molecule has 1 aliphatic carbocycles. The van der Waals surface area contributed by atoms with Crippen LogP contribution in [0.3, 0.4) is 0 Å². The average Bonchev–Trinajstić information content (AvgIpc) is 3.21. The monoisotopic (exact) mass is 273 g/mol. The minimum Gasteiger partial charge on any atom is -0.369 e. The van der Waals surface area contributed by atoms with Crippen molar-refractivity contribution >= 4 is 5.69 Å². The summed E-state index contributed by atoms with van der Waals surface area (Å²) in [6.45, 7) is 5.09. The van der Waals surface area contributed by atoms with E-state index in [2.05, 4.69) is 15.9 Å². The lowest BCUT2D eigenvalue weighted by Crippen LogP contribution is -2.48. The van der Waals surface area contributed by atoms with Crippen LogP contribution in [0.5, 0.6) is 0 Å². The summed E-state index contributed by atoms with van der Waals surface area (Å²) < 4.78 is 12.9. The lowest BCUT2D eigenvalue weighted by molar-refractivity contribution is 0.209. The van der Waals surface area contributed by atoms with Gasteiger partial charge in [0.25, 0.3) is 0 Å². The van der Waals surface area contributed by atoms with Crippen molar-refractivity contribution in [3.63, 3.8) is 0 Å². The van der Waals surface area contributed by atoms with E-state index in [0.717, 1.165) is 38.4 Å². The zero-order chi connectivity index (χ0) is 14.0. The van der Waals surface area contributed by atoms with E-state index in [9.17, 15) is 4.39 Å². The standard InChI is InChI=1S/C16H20FN3/c17-14-1-3-15(4-2-14)20-11-9-19(10-12-20)13-16(5-6-16)7-8-18/h1-4H,5-7,9-13H2. The number of hydrogen-bond donors (Lipinski definition) is 0. The molecular formula is C16H20FN3. The molecule has 0 N–H and O–H groups in total. The highest BCUT2D eigenvalue weighted by Gasteiger charge is 2.43. The number of nitrogens with zero attached hydrogens (tertiary/aromatic N) is 3. The molecule has 0 atom stereocenters. The van der Waals surface area contributed by atoms with Gasteiger partial charge in [-0.25, -0.2) is 4.39 Å². The molecule has 3 nitrogen and oxygen atoms in total. The molecule has 3 rings (SSSR count). The molecule has 2 aliphatic rings. The highest BCUT2D eigenvalue weighted by molar-refractivity contribution is 5.46.